The smallest absolute Gasteiger partial charge is 0.430 e. The molecule has 0 unspecified atom stereocenters. The van der Waals surface area contributed by atoms with E-state index in [1.165, 1.54) is 19.2 Å². The van der Waals surface area contributed by atoms with Crippen molar-refractivity contribution in [3.63, 3.8) is 0 Å². The fourth-order valence-corrected chi connectivity index (χ4v) is 5.66. The molecule has 2 amide bonds. The van der Waals surface area contributed by atoms with Gasteiger partial charge in [-0.15, -0.1) is 15.6 Å². The van der Waals surface area contributed by atoms with E-state index < -0.39 is 70.3 Å². The number of alkyl halides is 3. The van der Waals surface area contributed by atoms with Gasteiger partial charge in [-0.3, -0.25) is 19.5 Å². The highest BCUT2D eigenvalue weighted by Crippen LogP contribution is 2.33. The van der Waals surface area contributed by atoms with Gasteiger partial charge in [0.2, 0.25) is 0 Å². The summed E-state index contributed by atoms with van der Waals surface area (Å²) >= 11 is 0.965. The Kier molecular flexibility index (Phi) is 12.0. The van der Waals surface area contributed by atoms with Gasteiger partial charge in [0, 0.05) is 18.5 Å². The van der Waals surface area contributed by atoms with Crippen molar-refractivity contribution in [2.75, 3.05) is 30.7 Å². The Hall–Kier alpha value is -5.37. The number of aliphatic carboxylic acids is 2. The second kappa shape index (κ2) is 15.7. The van der Waals surface area contributed by atoms with Crippen LogP contribution in [0.3, 0.4) is 0 Å². The molecule has 2 fully saturated rings. The molecule has 2 aromatic heterocycles. The number of carboxylic acid groups (broad SMARTS) is 2. The lowest BCUT2D eigenvalue weighted by Crippen LogP contribution is -2.76. The number of carbonyl (C=O) groups is 4. The van der Waals surface area contributed by atoms with E-state index in [9.17, 15) is 41.1 Å². The number of halogens is 3. The summed E-state index contributed by atoms with van der Waals surface area (Å²) in [7, 11) is -3.08. The molecular weight excluding hydrogens is 761 g/mol. The number of aromatic nitrogens is 2. The van der Waals surface area contributed by atoms with Crippen LogP contribution >= 0.6 is 11.3 Å². The number of hydrogen-bond donors (Lipinski definition) is 6. The largest absolute Gasteiger partial charge is 0.542 e. The van der Waals surface area contributed by atoms with Crippen LogP contribution in [-0.2, 0) is 45.7 Å². The molecular formula is C28H31F3N8O12S2. The molecule has 2 saturated heterocycles. The molecule has 3 aromatic rings. The number of nitrogens with one attached hydrogen (secondary N) is 3. The van der Waals surface area contributed by atoms with Gasteiger partial charge in [-0.1, -0.05) is 5.16 Å². The number of benzene rings is 1. The number of pyridine rings is 1. The van der Waals surface area contributed by atoms with Crippen molar-refractivity contribution < 1.29 is 74.0 Å². The van der Waals surface area contributed by atoms with E-state index in [4.69, 9.17) is 29.8 Å². The summed E-state index contributed by atoms with van der Waals surface area (Å²) < 4.78 is 74.7. The number of nitrogen functional groups attached to an aromatic ring is 1. The number of aryl methyl sites for hydroxylation is 1. The molecule has 1 aromatic carbocycles. The molecule has 4 heterocycles. The van der Waals surface area contributed by atoms with Gasteiger partial charge in [-0.25, -0.2) is 14.3 Å². The Morgan fingerprint density at radius 2 is 1.94 bits per heavy atom. The van der Waals surface area contributed by atoms with Crippen LogP contribution in [0.5, 0.6) is 5.75 Å². The summed E-state index contributed by atoms with van der Waals surface area (Å²) in [5.41, 5.74) is 3.69. The van der Waals surface area contributed by atoms with Crippen molar-refractivity contribution in [1.82, 2.24) is 20.7 Å². The fraction of sp³-hybridized carbons (Fsp3) is 0.393. The highest BCUT2D eigenvalue weighted by Gasteiger charge is 2.58. The topological polar surface area (TPSA) is 288 Å². The second-order valence-corrected chi connectivity index (χ2v) is 13.7. The SMILES string of the molecule is C[n+]1ccc2cc(OC[C@H](O/N=C(\C(=O)N[C@@H]3C(=O)N(OS(=O)(=O)O)C3(C)C)c3csc(N)n3)C(=O)O)ccc2c1NC1CNC1.O=C([O-])C(F)(F)F. The molecule has 2 aliphatic heterocycles. The maximum atomic E-state index is 13.2. The van der Waals surface area contributed by atoms with Gasteiger partial charge in [0.05, 0.1) is 24.2 Å². The fourth-order valence-electron chi connectivity index (χ4n) is 4.66. The molecule has 288 valence electrons. The van der Waals surface area contributed by atoms with Gasteiger partial charge in [0.15, 0.2) is 10.8 Å². The van der Waals surface area contributed by atoms with E-state index in [-0.39, 0.29) is 10.8 Å². The van der Waals surface area contributed by atoms with Gasteiger partial charge >= 0.3 is 22.5 Å². The molecule has 0 aliphatic carbocycles. The number of thiazole rings is 1. The Morgan fingerprint density at radius 1 is 1.28 bits per heavy atom. The van der Waals surface area contributed by atoms with Crippen molar-refractivity contribution in [3.8, 4) is 5.75 Å². The average Bonchev–Trinajstić information content (AvgIpc) is 3.47. The molecule has 2 aliphatic rings. The average molecular weight is 793 g/mol. The van der Waals surface area contributed by atoms with Crippen LogP contribution in [0.15, 0.2) is 41.0 Å². The monoisotopic (exact) mass is 792 g/mol. The Bertz CT molecular complexity index is 2040. The van der Waals surface area contributed by atoms with Gasteiger partial charge in [-0.05, 0) is 43.5 Å². The van der Waals surface area contributed by atoms with Crippen LogP contribution < -0.4 is 36.1 Å². The van der Waals surface area contributed by atoms with E-state index in [0.29, 0.717) is 16.9 Å². The molecule has 20 nitrogen and oxygen atoms in total. The summed E-state index contributed by atoms with van der Waals surface area (Å²) in [4.78, 5) is 55.8. The predicted octanol–water partition coefficient (Wildman–Crippen LogP) is -1.52. The van der Waals surface area contributed by atoms with Gasteiger partial charge in [-0.2, -0.15) is 26.7 Å². The molecule has 0 spiro atoms. The number of nitrogens with two attached hydrogens (primary N) is 1. The minimum Gasteiger partial charge on any atom is -0.542 e. The zero-order chi connectivity index (χ0) is 39.5. The summed E-state index contributed by atoms with van der Waals surface area (Å²) in [5.74, 6) is -5.16. The molecule has 53 heavy (non-hydrogen) atoms. The highest BCUT2D eigenvalue weighted by atomic mass is 32.3. The molecule has 0 radical (unpaired) electrons. The number of rotatable bonds is 13. The molecule has 5 rings (SSSR count). The third-order valence-electron chi connectivity index (χ3n) is 7.51. The number of hydrogen-bond acceptors (Lipinski definition) is 16. The lowest BCUT2D eigenvalue weighted by atomic mass is 9.84. The van der Waals surface area contributed by atoms with Crippen molar-refractivity contribution in [2.45, 2.75) is 43.8 Å². The standard InChI is InChI=1S/C26H30N8O10S2.C2HF3O2/c1-26(2)20(23(36)34(26)44-46(39,40)41)31-22(35)19(17-12-45-25(27)30-17)32-43-18(24(37)38)11-42-15-4-5-16-13(8-15)6-7-33(3)21(16)29-14-9-28-10-14;3-2(4,5)1(6)7/h4-8,12,14,18,20,28H,9-11H2,1-3H3,(H5,27,30,31,35,37,38,39,40,41);(H,6,7)/b32-19-;/t18-,20+;/m0./s1. The van der Waals surface area contributed by atoms with Crippen LogP contribution in [0.1, 0.15) is 19.5 Å². The van der Waals surface area contributed by atoms with Crippen LogP contribution in [0.2, 0.25) is 0 Å². The number of carbonyl (C=O) groups excluding carboxylic acids is 3. The Labute approximate surface area is 301 Å². The highest BCUT2D eigenvalue weighted by molar-refractivity contribution is 7.80. The zero-order valence-electron chi connectivity index (χ0n) is 27.6. The Balaban J connectivity index is 0.000000815. The van der Waals surface area contributed by atoms with E-state index in [2.05, 4.69) is 30.4 Å². The number of carboxylic acids is 2. The number of ether oxygens (including phenoxy) is 1. The van der Waals surface area contributed by atoms with E-state index >= 15 is 0 Å². The zero-order valence-corrected chi connectivity index (χ0v) is 29.2. The number of oxime groups is 1. The predicted molar refractivity (Wildman–Crippen MR) is 173 cm³/mol. The third kappa shape index (κ3) is 9.95. The van der Waals surface area contributed by atoms with Crippen LogP contribution in [0, 0.1) is 0 Å². The van der Waals surface area contributed by atoms with Crippen molar-refractivity contribution in [1.29, 1.82) is 0 Å². The number of anilines is 2. The molecule has 0 saturated carbocycles. The quantitative estimate of drug-likeness (QED) is 0.0377. The van der Waals surface area contributed by atoms with Crippen LogP contribution in [0.25, 0.3) is 10.8 Å². The van der Waals surface area contributed by atoms with Gasteiger partial charge < -0.3 is 40.9 Å². The number of amides is 2. The summed E-state index contributed by atoms with van der Waals surface area (Å²) in [6.07, 6.45) is -4.97. The lowest BCUT2D eigenvalue weighted by Gasteiger charge is -2.50. The van der Waals surface area contributed by atoms with Gasteiger partial charge in [0.1, 0.15) is 36.1 Å². The maximum Gasteiger partial charge on any atom is 0.430 e. The number of hydroxylamine groups is 2. The van der Waals surface area contributed by atoms with Crippen LogP contribution in [0.4, 0.5) is 24.1 Å². The molecule has 7 N–H and O–H groups in total. The first-order valence-electron chi connectivity index (χ1n) is 14.9. The number of β-lactam (4-membered cyclic amide) rings is 1. The van der Waals surface area contributed by atoms with Crippen molar-refractivity contribution in [2.24, 2.45) is 12.2 Å². The normalized spacial score (nSPS) is 17.8. The molecule has 0 bridgehead atoms. The maximum absolute atomic E-state index is 13.2. The lowest BCUT2D eigenvalue weighted by molar-refractivity contribution is -0.656. The first-order valence-corrected chi connectivity index (χ1v) is 17.1. The first-order chi connectivity index (χ1) is 24.6. The third-order valence-corrected chi connectivity index (χ3v) is 8.52. The van der Waals surface area contributed by atoms with Crippen LogP contribution in [-0.4, -0.2) is 107 Å². The minimum absolute atomic E-state index is 0.0639. The number of fused-ring (bicyclic) bond motifs is 1. The minimum atomic E-state index is -5.19. The Morgan fingerprint density at radius 3 is 2.45 bits per heavy atom. The van der Waals surface area contributed by atoms with E-state index in [0.717, 1.165) is 41.0 Å². The summed E-state index contributed by atoms with van der Waals surface area (Å²) in [6.45, 7) is 3.96. The second-order valence-electron chi connectivity index (χ2n) is 11.8. The molecule has 25 heteroatoms. The summed E-state index contributed by atoms with van der Waals surface area (Å²) in [6, 6.07) is 6.19. The van der Waals surface area contributed by atoms with Gasteiger partial charge in [0.25, 0.3) is 23.7 Å². The number of nitrogens with zero attached hydrogens (tertiary/aromatic N) is 4. The summed E-state index contributed by atoms with van der Waals surface area (Å²) in [5, 5.41) is 35.0. The van der Waals surface area contributed by atoms with E-state index in [1.54, 1.807) is 12.1 Å². The molecule has 2 atom stereocenters. The first kappa shape index (κ1) is 40.4. The van der Waals surface area contributed by atoms with Crippen molar-refractivity contribution in [3.05, 3.63) is 41.5 Å². The van der Waals surface area contributed by atoms with Crippen molar-refractivity contribution >= 4 is 72.9 Å². The van der Waals surface area contributed by atoms with E-state index in [1.807, 2.05) is 29.9 Å².